The second kappa shape index (κ2) is 4.91. The molecule has 0 aromatic heterocycles. The van der Waals surface area contributed by atoms with Gasteiger partial charge < -0.3 is 5.32 Å². The van der Waals surface area contributed by atoms with Crippen molar-refractivity contribution in [3.63, 3.8) is 0 Å². The van der Waals surface area contributed by atoms with Crippen molar-refractivity contribution in [3.8, 4) is 0 Å². The van der Waals surface area contributed by atoms with Gasteiger partial charge in [0.1, 0.15) is 17.5 Å². The molecule has 0 atom stereocenters. The normalized spacial score (nSPS) is 10.2. The summed E-state index contributed by atoms with van der Waals surface area (Å²) in [6.45, 7) is 0. The minimum Gasteiger partial charge on any atom is -0.319 e. The summed E-state index contributed by atoms with van der Waals surface area (Å²) in [7, 11) is 0. The second-order valence-corrected chi connectivity index (χ2v) is 3.59. The lowest BCUT2D eigenvalue weighted by Gasteiger charge is -2.06. The molecule has 1 N–H and O–H groups in total. The van der Waals surface area contributed by atoms with Crippen molar-refractivity contribution in [2.75, 3.05) is 5.32 Å². The molecule has 5 heteroatoms. The van der Waals surface area contributed by atoms with E-state index in [1.165, 1.54) is 18.2 Å². The number of halogens is 3. The van der Waals surface area contributed by atoms with Crippen molar-refractivity contribution >= 4 is 11.6 Å². The summed E-state index contributed by atoms with van der Waals surface area (Å²) < 4.78 is 39.1. The molecule has 0 unspecified atom stereocenters. The number of hydrogen-bond acceptors (Lipinski definition) is 1. The van der Waals surface area contributed by atoms with E-state index in [1.54, 1.807) is 0 Å². The van der Waals surface area contributed by atoms with Gasteiger partial charge in [0.15, 0.2) is 0 Å². The van der Waals surface area contributed by atoms with Crippen LogP contribution in [-0.4, -0.2) is 5.91 Å². The first-order valence-electron chi connectivity index (χ1n) is 5.08. The van der Waals surface area contributed by atoms with Crippen LogP contribution in [0, 0.1) is 17.5 Å². The molecule has 0 spiro atoms. The highest BCUT2D eigenvalue weighted by molar-refractivity contribution is 6.04. The van der Waals surface area contributed by atoms with Gasteiger partial charge >= 0.3 is 0 Å². The molecule has 0 aliphatic carbocycles. The Bertz CT molecular complexity index is 599. The highest BCUT2D eigenvalue weighted by Gasteiger charge is 2.10. The Morgan fingerprint density at radius 3 is 2.39 bits per heavy atom. The number of benzene rings is 2. The summed E-state index contributed by atoms with van der Waals surface area (Å²) in [5, 5.41) is 2.17. The topological polar surface area (TPSA) is 29.1 Å². The van der Waals surface area contributed by atoms with E-state index >= 15 is 0 Å². The van der Waals surface area contributed by atoms with Crippen LogP contribution < -0.4 is 5.32 Å². The molecule has 0 saturated heterocycles. The maximum Gasteiger partial charge on any atom is 0.255 e. The zero-order chi connectivity index (χ0) is 13.1. The van der Waals surface area contributed by atoms with Gasteiger partial charge in [0.05, 0.1) is 5.69 Å². The van der Waals surface area contributed by atoms with Crippen LogP contribution in [-0.2, 0) is 0 Å². The third-order valence-corrected chi connectivity index (χ3v) is 2.26. The van der Waals surface area contributed by atoms with Crippen LogP contribution in [0.5, 0.6) is 0 Å². The summed E-state index contributed by atoms with van der Waals surface area (Å²) in [5.41, 5.74) is -0.261. The van der Waals surface area contributed by atoms with E-state index in [-0.39, 0.29) is 11.3 Å². The lowest BCUT2D eigenvalue weighted by molar-refractivity contribution is 0.102. The van der Waals surface area contributed by atoms with Crippen molar-refractivity contribution in [3.05, 3.63) is 65.5 Å². The molecule has 2 rings (SSSR count). The van der Waals surface area contributed by atoms with E-state index in [0.29, 0.717) is 0 Å². The molecule has 0 saturated carbocycles. The quantitative estimate of drug-likeness (QED) is 0.871. The fraction of sp³-hybridized carbons (Fsp3) is 0. The van der Waals surface area contributed by atoms with E-state index in [2.05, 4.69) is 5.32 Å². The predicted molar refractivity (Wildman–Crippen MR) is 60.7 cm³/mol. The smallest absolute Gasteiger partial charge is 0.255 e. The van der Waals surface area contributed by atoms with E-state index in [4.69, 9.17) is 0 Å². The molecule has 2 nitrogen and oxygen atoms in total. The molecular formula is C13H8F3NO. The summed E-state index contributed by atoms with van der Waals surface area (Å²) >= 11 is 0. The Kier molecular flexibility index (Phi) is 3.32. The van der Waals surface area contributed by atoms with Gasteiger partial charge in [0.2, 0.25) is 0 Å². The molecule has 18 heavy (non-hydrogen) atoms. The first-order chi connectivity index (χ1) is 8.56. The third kappa shape index (κ3) is 2.68. The van der Waals surface area contributed by atoms with Crippen LogP contribution >= 0.6 is 0 Å². The number of nitrogens with one attached hydrogen (secondary N) is 1. The van der Waals surface area contributed by atoms with Crippen molar-refractivity contribution in [1.82, 2.24) is 0 Å². The van der Waals surface area contributed by atoms with Gasteiger partial charge in [-0.3, -0.25) is 4.79 Å². The van der Waals surface area contributed by atoms with Gasteiger partial charge in [-0.15, -0.1) is 0 Å². The Balaban J connectivity index is 2.24. The average molecular weight is 251 g/mol. The van der Waals surface area contributed by atoms with Crippen LogP contribution in [0.3, 0.4) is 0 Å². The minimum absolute atomic E-state index is 0.0265. The monoisotopic (exact) mass is 251 g/mol. The van der Waals surface area contributed by atoms with Crippen LogP contribution in [0.4, 0.5) is 18.9 Å². The largest absolute Gasteiger partial charge is 0.319 e. The van der Waals surface area contributed by atoms with E-state index in [9.17, 15) is 18.0 Å². The number of anilines is 1. The van der Waals surface area contributed by atoms with Crippen molar-refractivity contribution in [2.24, 2.45) is 0 Å². The minimum atomic E-state index is -0.763. The number of hydrogen-bond donors (Lipinski definition) is 1. The van der Waals surface area contributed by atoms with Gasteiger partial charge in [0, 0.05) is 11.6 Å². The molecule has 2 aromatic rings. The van der Waals surface area contributed by atoms with Crippen LogP contribution in [0.15, 0.2) is 42.5 Å². The Labute approximate surface area is 101 Å². The molecule has 2 aromatic carbocycles. The first-order valence-corrected chi connectivity index (χ1v) is 5.08. The molecule has 0 radical (unpaired) electrons. The summed E-state index contributed by atoms with van der Waals surface area (Å²) in [6.07, 6.45) is 0. The van der Waals surface area contributed by atoms with Gasteiger partial charge in [0.25, 0.3) is 5.91 Å². The van der Waals surface area contributed by atoms with E-state index in [0.717, 1.165) is 24.3 Å². The highest BCUT2D eigenvalue weighted by Crippen LogP contribution is 2.16. The molecule has 0 heterocycles. The Hall–Kier alpha value is -2.30. The number of rotatable bonds is 2. The summed E-state index contributed by atoms with van der Waals surface area (Å²) in [4.78, 5) is 11.7. The molecular weight excluding hydrogens is 243 g/mol. The molecule has 92 valence electrons. The van der Waals surface area contributed by atoms with Crippen molar-refractivity contribution in [1.29, 1.82) is 0 Å². The molecule has 0 aliphatic rings. The molecule has 0 fully saturated rings. The Morgan fingerprint density at radius 2 is 1.67 bits per heavy atom. The van der Waals surface area contributed by atoms with Crippen LogP contribution in [0.1, 0.15) is 10.4 Å². The van der Waals surface area contributed by atoms with Crippen LogP contribution in [0.2, 0.25) is 0 Å². The maximum atomic E-state index is 13.3. The molecule has 1 amide bonds. The van der Waals surface area contributed by atoms with Gasteiger partial charge in [-0.1, -0.05) is 6.07 Å². The average Bonchev–Trinajstić information content (AvgIpc) is 2.34. The Morgan fingerprint density at radius 1 is 0.944 bits per heavy atom. The van der Waals surface area contributed by atoms with E-state index in [1.807, 2.05) is 0 Å². The lowest BCUT2D eigenvalue weighted by atomic mass is 10.2. The lowest BCUT2D eigenvalue weighted by Crippen LogP contribution is -2.13. The third-order valence-electron chi connectivity index (χ3n) is 2.26. The maximum absolute atomic E-state index is 13.3. The van der Waals surface area contributed by atoms with Gasteiger partial charge in [-0.05, 0) is 30.3 Å². The summed E-state index contributed by atoms with van der Waals surface area (Å²) in [6, 6.07) is 7.60. The standard InChI is InChI=1S/C13H8F3NO/c14-9-3-1-2-8(6-9)13(18)17-12-7-10(15)4-5-11(12)16/h1-7H,(H,17,18). The SMILES string of the molecule is O=C(Nc1cc(F)ccc1F)c1cccc(F)c1. The zero-order valence-corrected chi connectivity index (χ0v) is 9.08. The number of amides is 1. The van der Waals surface area contributed by atoms with Gasteiger partial charge in [-0.25, -0.2) is 13.2 Å². The van der Waals surface area contributed by atoms with Crippen molar-refractivity contribution < 1.29 is 18.0 Å². The van der Waals surface area contributed by atoms with Gasteiger partial charge in [-0.2, -0.15) is 0 Å². The number of carbonyl (C=O) groups is 1. The number of carbonyl (C=O) groups excluding carboxylic acids is 1. The van der Waals surface area contributed by atoms with Crippen molar-refractivity contribution in [2.45, 2.75) is 0 Å². The summed E-state index contributed by atoms with van der Waals surface area (Å²) in [5.74, 6) is -2.73. The fourth-order valence-corrected chi connectivity index (χ4v) is 1.42. The molecule has 0 bridgehead atoms. The fourth-order valence-electron chi connectivity index (χ4n) is 1.42. The first kappa shape index (κ1) is 12.2. The second-order valence-electron chi connectivity index (χ2n) is 3.59. The highest BCUT2D eigenvalue weighted by atomic mass is 19.1. The zero-order valence-electron chi connectivity index (χ0n) is 9.08. The van der Waals surface area contributed by atoms with Crippen LogP contribution in [0.25, 0.3) is 0 Å². The predicted octanol–water partition coefficient (Wildman–Crippen LogP) is 3.36. The molecule has 0 aliphatic heterocycles. The van der Waals surface area contributed by atoms with E-state index < -0.39 is 23.4 Å².